The third-order valence-corrected chi connectivity index (χ3v) is 0.749. The van der Waals surface area contributed by atoms with Gasteiger partial charge in [-0.2, -0.15) is 0 Å². The Morgan fingerprint density at radius 3 is 1.43 bits per heavy atom. The van der Waals surface area contributed by atoms with Crippen molar-refractivity contribution >= 4 is 37.0 Å². The first-order valence-corrected chi connectivity index (χ1v) is 3.46. The minimum Gasteiger partial charge on any atom is -0.447 e. The molecule has 0 aromatic rings. The molecule has 0 spiro atoms. The first-order valence-electron chi connectivity index (χ1n) is 3.46. The van der Waals surface area contributed by atoms with Crippen molar-refractivity contribution in [3.05, 3.63) is 0 Å². The van der Waals surface area contributed by atoms with Crippen molar-refractivity contribution in [2.75, 3.05) is 13.2 Å². The molecule has 84 valence electrons. The van der Waals surface area contributed by atoms with E-state index in [4.69, 9.17) is 0 Å². The number of hydrogen-bond acceptors (Lipinski definition) is 4. The minimum absolute atomic E-state index is 0. The molecule has 0 N–H and O–H groups in total. The van der Waals surface area contributed by atoms with E-state index in [1.165, 1.54) is 0 Å². The van der Waals surface area contributed by atoms with Crippen LogP contribution in [0.2, 0.25) is 0 Å². The zero-order valence-corrected chi connectivity index (χ0v) is 9.39. The van der Waals surface area contributed by atoms with Gasteiger partial charge in [-0.3, -0.25) is 0 Å². The Balaban J connectivity index is -0.000000605. The van der Waals surface area contributed by atoms with Gasteiger partial charge in [-0.25, -0.2) is 9.59 Å². The van der Waals surface area contributed by atoms with Crippen molar-refractivity contribution in [3.63, 3.8) is 0 Å². The summed E-state index contributed by atoms with van der Waals surface area (Å²) in [6.07, 6.45) is -1.80. The van der Waals surface area contributed by atoms with Gasteiger partial charge in [0.05, 0.1) is 13.2 Å². The van der Waals surface area contributed by atoms with Crippen LogP contribution in [0.15, 0.2) is 10.2 Å². The highest BCUT2D eigenvalue weighted by Crippen LogP contribution is 1.88. The lowest BCUT2D eigenvalue weighted by atomic mass is 10.9. The molecule has 0 aromatic carbocycles. The lowest BCUT2D eigenvalue weighted by molar-refractivity contribution is 0.152. The second-order valence-electron chi connectivity index (χ2n) is 1.60. The molecule has 0 aliphatic carbocycles. The Morgan fingerprint density at radius 1 is 0.929 bits per heavy atom. The van der Waals surface area contributed by atoms with Crippen LogP contribution in [0, 0.1) is 0 Å². The number of azo groups is 1. The molecule has 0 radical (unpaired) electrons. The van der Waals surface area contributed by atoms with Crippen molar-refractivity contribution in [3.8, 4) is 0 Å². The zero-order valence-electron chi connectivity index (χ0n) is 7.76. The van der Waals surface area contributed by atoms with Crippen LogP contribution in [0.25, 0.3) is 0 Å². The Labute approximate surface area is 93.9 Å². The fraction of sp³-hybridized carbons (Fsp3) is 0.667. The number of nitrogens with zero attached hydrogens (tertiary/aromatic N) is 2. The number of rotatable bonds is 2. The quantitative estimate of drug-likeness (QED) is 0.702. The maximum absolute atomic E-state index is 10.5. The molecule has 0 rings (SSSR count). The van der Waals surface area contributed by atoms with Crippen molar-refractivity contribution in [1.82, 2.24) is 0 Å². The van der Waals surface area contributed by atoms with Gasteiger partial charge in [0.1, 0.15) is 0 Å². The van der Waals surface area contributed by atoms with Crippen LogP contribution in [-0.4, -0.2) is 25.4 Å². The molecule has 2 amide bonds. The van der Waals surface area contributed by atoms with E-state index < -0.39 is 12.2 Å². The summed E-state index contributed by atoms with van der Waals surface area (Å²) in [4.78, 5) is 20.9. The first kappa shape index (κ1) is 18.8. The van der Waals surface area contributed by atoms with Gasteiger partial charge < -0.3 is 9.47 Å². The molecule has 0 atom stereocenters. The highest BCUT2D eigenvalue weighted by Gasteiger charge is 2.00. The van der Waals surface area contributed by atoms with E-state index in [1.54, 1.807) is 13.8 Å². The molecule has 0 saturated carbocycles. The van der Waals surface area contributed by atoms with E-state index >= 15 is 0 Å². The molecular formula is C6H12Cl2N2O4. The van der Waals surface area contributed by atoms with E-state index in [9.17, 15) is 9.59 Å². The number of carbonyl (C=O) groups excluding carboxylic acids is 2. The fourth-order valence-corrected chi connectivity index (χ4v) is 0.386. The van der Waals surface area contributed by atoms with Crippen LogP contribution in [0.5, 0.6) is 0 Å². The van der Waals surface area contributed by atoms with Gasteiger partial charge in [0.2, 0.25) is 0 Å². The van der Waals surface area contributed by atoms with Crippen LogP contribution >= 0.6 is 24.8 Å². The smallest absolute Gasteiger partial charge is 0.447 e. The Kier molecular flexibility index (Phi) is 16.3. The lowest BCUT2D eigenvalue weighted by Gasteiger charge is -1.93. The van der Waals surface area contributed by atoms with Crippen molar-refractivity contribution in [2.45, 2.75) is 13.8 Å². The molecule has 0 aliphatic heterocycles. The average Bonchev–Trinajstić information content (AvgIpc) is 2.02. The van der Waals surface area contributed by atoms with E-state index in [-0.39, 0.29) is 38.0 Å². The number of hydrogen-bond donors (Lipinski definition) is 0. The Hall–Kier alpha value is -0.880. The summed E-state index contributed by atoms with van der Waals surface area (Å²) < 4.78 is 8.73. The predicted molar refractivity (Wildman–Crippen MR) is 53.4 cm³/mol. The summed E-state index contributed by atoms with van der Waals surface area (Å²) in [5.74, 6) is 0. The molecule has 0 bridgehead atoms. The average molecular weight is 247 g/mol. The maximum atomic E-state index is 10.5. The second kappa shape index (κ2) is 12.1. The number of ether oxygens (including phenoxy) is 2. The van der Waals surface area contributed by atoms with Crippen molar-refractivity contribution in [1.29, 1.82) is 0 Å². The van der Waals surface area contributed by atoms with Crippen LogP contribution in [0.1, 0.15) is 13.8 Å². The summed E-state index contributed by atoms with van der Waals surface area (Å²) in [6.45, 7) is 3.64. The Bertz CT molecular complexity index is 178. The van der Waals surface area contributed by atoms with E-state index in [0.717, 1.165) is 0 Å². The predicted octanol–water partition coefficient (Wildman–Crippen LogP) is 2.60. The largest absolute Gasteiger partial charge is 0.452 e. The lowest BCUT2D eigenvalue weighted by Crippen LogP contribution is -2.00. The monoisotopic (exact) mass is 246 g/mol. The summed E-state index contributed by atoms with van der Waals surface area (Å²) in [6, 6.07) is 0. The van der Waals surface area contributed by atoms with Gasteiger partial charge in [-0.1, -0.05) is 10.2 Å². The molecule has 6 nitrogen and oxygen atoms in total. The second-order valence-corrected chi connectivity index (χ2v) is 1.60. The molecule has 0 heterocycles. The van der Waals surface area contributed by atoms with Gasteiger partial charge in [-0.15, -0.1) is 24.8 Å². The van der Waals surface area contributed by atoms with E-state index in [0.29, 0.717) is 0 Å². The first-order chi connectivity index (χ1) is 5.70. The van der Waals surface area contributed by atoms with Crippen LogP contribution in [0.3, 0.4) is 0 Å². The number of carbonyl (C=O) groups is 2. The van der Waals surface area contributed by atoms with Crippen molar-refractivity contribution < 1.29 is 19.1 Å². The van der Waals surface area contributed by atoms with Crippen molar-refractivity contribution in [2.24, 2.45) is 10.2 Å². The summed E-state index contributed by atoms with van der Waals surface area (Å²) in [5.41, 5.74) is 0. The SMILES string of the molecule is CCOC(=O)N=NC(=O)OCC.Cl.Cl. The topological polar surface area (TPSA) is 77.3 Å². The molecule has 0 saturated heterocycles. The van der Waals surface area contributed by atoms with E-state index in [1.807, 2.05) is 0 Å². The van der Waals surface area contributed by atoms with Gasteiger partial charge in [0.15, 0.2) is 0 Å². The third kappa shape index (κ3) is 11.1. The van der Waals surface area contributed by atoms with Gasteiger partial charge in [0.25, 0.3) is 0 Å². The molecule has 0 unspecified atom stereocenters. The number of amides is 2. The molecule has 8 heteroatoms. The number of halogens is 2. The van der Waals surface area contributed by atoms with Gasteiger partial charge in [-0.05, 0) is 13.8 Å². The van der Waals surface area contributed by atoms with Crippen LogP contribution in [0.4, 0.5) is 9.59 Å². The highest BCUT2D eigenvalue weighted by molar-refractivity contribution is 5.85. The standard InChI is InChI=1S/C6H10N2O4.2ClH/c1-3-11-5(9)7-8-6(10)12-4-2;;/h3-4H2,1-2H3;2*1H. The molecule has 0 fully saturated rings. The Morgan fingerprint density at radius 2 is 1.21 bits per heavy atom. The minimum atomic E-state index is -0.898. The summed E-state index contributed by atoms with van der Waals surface area (Å²) in [5, 5.41) is 5.84. The maximum Gasteiger partial charge on any atom is 0.452 e. The van der Waals surface area contributed by atoms with Crippen LogP contribution < -0.4 is 0 Å². The normalized spacial score (nSPS) is 8.43. The fourth-order valence-electron chi connectivity index (χ4n) is 0.386. The zero-order chi connectivity index (χ0) is 9.40. The highest BCUT2D eigenvalue weighted by atomic mass is 35.5. The summed E-state index contributed by atoms with van der Waals surface area (Å²) in [7, 11) is 0. The molecule has 0 aliphatic rings. The molecule has 14 heavy (non-hydrogen) atoms. The van der Waals surface area contributed by atoms with Crippen LogP contribution in [-0.2, 0) is 9.47 Å². The van der Waals surface area contributed by atoms with E-state index in [2.05, 4.69) is 19.7 Å². The molecule has 0 aromatic heterocycles. The summed E-state index contributed by atoms with van der Waals surface area (Å²) >= 11 is 0. The van der Waals surface area contributed by atoms with Gasteiger partial charge in [0, 0.05) is 0 Å². The third-order valence-electron chi connectivity index (χ3n) is 0.749. The van der Waals surface area contributed by atoms with Gasteiger partial charge >= 0.3 is 12.2 Å². The molecular weight excluding hydrogens is 235 g/mol.